The minimum Gasteiger partial charge on any atom is -0.497 e. The van der Waals surface area contributed by atoms with Crippen LogP contribution in [0, 0.1) is 34.7 Å². The molecule has 2 aromatic carbocycles. The van der Waals surface area contributed by atoms with E-state index in [1.54, 1.807) is 19.4 Å². The van der Waals surface area contributed by atoms with Gasteiger partial charge in [-0.2, -0.15) is 0 Å². The van der Waals surface area contributed by atoms with Crippen LogP contribution in [0.2, 0.25) is 0 Å². The summed E-state index contributed by atoms with van der Waals surface area (Å²) in [4.78, 5) is 20.7. The second-order valence-electron chi connectivity index (χ2n) is 11.9. The fourth-order valence-electron chi connectivity index (χ4n) is 6.35. The molecule has 0 unspecified atom stereocenters. The molecule has 2 fully saturated rings. The van der Waals surface area contributed by atoms with Gasteiger partial charge in [0, 0.05) is 42.8 Å². The molecule has 11 heteroatoms. The first-order valence-electron chi connectivity index (χ1n) is 15.1. The molecule has 1 atom stereocenters. The summed E-state index contributed by atoms with van der Waals surface area (Å²) >= 11 is 0. The lowest BCUT2D eigenvalue weighted by Crippen LogP contribution is -2.41. The number of carboxylic acids is 1. The Morgan fingerprint density at radius 1 is 1.11 bits per heavy atom. The van der Waals surface area contributed by atoms with Gasteiger partial charge in [-0.25, -0.2) is 17.6 Å². The summed E-state index contributed by atoms with van der Waals surface area (Å²) in [6.45, 7) is 4.48. The number of alkyl halides is 1. The zero-order chi connectivity index (χ0) is 32.0. The van der Waals surface area contributed by atoms with Crippen LogP contribution in [0.5, 0.6) is 5.75 Å². The van der Waals surface area contributed by atoms with Crippen molar-refractivity contribution in [2.24, 2.45) is 5.41 Å². The number of hydrogen-bond donors (Lipinski definition) is 1. The third kappa shape index (κ3) is 8.12. The Balaban J connectivity index is 1.30. The van der Waals surface area contributed by atoms with Gasteiger partial charge < -0.3 is 14.6 Å². The molecule has 1 aromatic heterocycles. The van der Waals surface area contributed by atoms with E-state index in [0.717, 1.165) is 24.7 Å². The van der Waals surface area contributed by atoms with Gasteiger partial charge in [-0.05, 0) is 74.0 Å². The quantitative estimate of drug-likeness (QED) is 0.171. The van der Waals surface area contributed by atoms with E-state index in [0.29, 0.717) is 80.4 Å². The number of rotatable bonds is 10. The topological polar surface area (TPSA) is 75.1 Å². The number of carboxylic acid groups (broad SMARTS) is 1. The van der Waals surface area contributed by atoms with E-state index in [9.17, 15) is 23.1 Å². The molecule has 45 heavy (non-hydrogen) atoms. The largest absolute Gasteiger partial charge is 0.497 e. The molecule has 0 saturated carbocycles. The lowest BCUT2D eigenvalue weighted by Gasteiger charge is -2.41. The molecule has 2 aliphatic heterocycles. The van der Waals surface area contributed by atoms with Crippen molar-refractivity contribution in [2.45, 2.75) is 44.8 Å². The van der Waals surface area contributed by atoms with Crippen molar-refractivity contribution >= 4 is 16.9 Å². The number of ether oxygens (including phenoxy) is 2. The molecule has 2 aliphatic rings. The number of pyridine rings is 1. The first kappa shape index (κ1) is 32.7. The van der Waals surface area contributed by atoms with Gasteiger partial charge in [0.05, 0.1) is 44.4 Å². The number of likely N-dealkylation sites (tertiary alicyclic amines) is 1. The normalized spacial score (nSPS) is 17.9. The zero-order valence-corrected chi connectivity index (χ0v) is 25.3. The van der Waals surface area contributed by atoms with Gasteiger partial charge in [-0.15, -0.1) is 0 Å². The van der Waals surface area contributed by atoms with Crippen molar-refractivity contribution in [3.05, 3.63) is 70.7 Å². The summed E-state index contributed by atoms with van der Waals surface area (Å²) in [5.74, 6) is 1.53. The third-order valence-corrected chi connectivity index (χ3v) is 8.90. The molecule has 0 bridgehead atoms. The molecular formula is C34H37F4N3O4. The number of carbonyl (C=O) groups is 1. The Kier molecular flexibility index (Phi) is 10.6. The maximum Gasteiger partial charge on any atom is 0.303 e. The van der Waals surface area contributed by atoms with Crippen molar-refractivity contribution in [2.75, 3.05) is 53.0 Å². The van der Waals surface area contributed by atoms with E-state index in [-0.39, 0.29) is 24.9 Å². The summed E-state index contributed by atoms with van der Waals surface area (Å²) < 4.78 is 68.3. The summed E-state index contributed by atoms with van der Waals surface area (Å²) in [6, 6.07) is 6.73. The number of benzene rings is 2. The summed E-state index contributed by atoms with van der Waals surface area (Å²) in [5.41, 5.74) is 1.05. The Morgan fingerprint density at radius 3 is 2.58 bits per heavy atom. The van der Waals surface area contributed by atoms with E-state index >= 15 is 4.39 Å². The van der Waals surface area contributed by atoms with Crippen LogP contribution in [0.1, 0.15) is 55.0 Å². The number of morpholine rings is 1. The van der Waals surface area contributed by atoms with Gasteiger partial charge in [0.2, 0.25) is 0 Å². The maximum atomic E-state index is 16.5. The third-order valence-electron chi connectivity index (χ3n) is 8.90. The first-order chi connectivity index (χ1) is 21.7. The van der Waals surface area contributed by atoms with Gasteiger partial charge in [-0.3, -0.25) is 19.6 Å². The van der Waals surface area contributed by atoms with Gasteiger partial charge >= 0.3 is 5.97 Å². The average molecular weight is 628 g/mol. The smallest absolute Gasteiger partial charge is 0.303 e. The highest BCUT2D eigenvalue weighted by Crippen LogP contribution is 2.43. The SMILES string of the molecule is COc1ccc2ncc(CN3CCOCC3)c([C@H](F)CCC3(CC(=O)O)CCN(CC#Cc4cc(F)cc(F)c4F)CC3)c2c1. The number of piperidine rings is 1. The van der Waals surface area contributed by atoms with Crippen molar-refractivity contribution in [1.29, 1.82) is 0 Å². The molecule has 3 heterocycles. The first-order valence-corrected chi connectivity index (χ1v) is 15.1. The molecular weight excluding hydrogens is 590 g/mol. The van der Waals surface area contributed by atoms with Crippen molar-refractivity contribution in [3.63, 3.8) is 0 Å². The Hall–Kier alpha value is -3.72. The van der Waals surface area contributed by atoms with E-state index in [1.807, 2.05) is 17.0 Å². The highest BCUT2D eigenvalue weighted by molar-refractivity contribution is 5.85. The fourth-order valence-corrected chi connectivity index (χ4v) is 6.35. The Labute approximate surface area is 260 Å². The van der Waals surface area contributed by atoms with E-state index in [2.05, 4.69) is 21.7 Å². The standard InChI is InChI=1S/C34H37F4N3O4/c1-44-26-4-5-30-27(19-26)32(24(21-39-30)22-41-13-15-45-16-14-41)28(36)6-7-34(20-31(42)43)8-11-40(12-9-34)10-2-3-23-17-25(35)18-29(37)33(23)38/h4-5,17-19,21,28H,6-16,20,22H2,1H3,(H,42,43)/t28-/m1/s1. The highest BCUT2D eigenvalue weighted by Gasteiger charge is 2.37. The zero-order valence-electron chi connectivity index (χ0n) is 25.3. The lowest BCUT2D eigenvalue weighted by atomic mass is 9.71. The molecule has 240 valence electrons. The van der Waals surface area contributed by atoms with Crippen molar-refractivity contribution < 1.29 is 36.9 Å². The van der Waals surface area contributed by atoms with Crippen LogP contribution >= 0.6 is 0 Å². The summed E-state index contributed by atoms with van der Waals surface area (Å²) in [7, 11) is 1.56. The van der Waals surface area contributed by atoms with Crippen molar-refractivity contribution in [3.8, 4) is 17.6 Å². The monoisotopic (exact) mass is 627 g/mol. The highest BCUT2D eigenvalue weighted by atomic mass is 19.2. The van der Waals surface area contributed by atoms with Crippen LogP contribution < -0.4 is 4.74 Å². The predicted octanol–water partition coefficient (Wildman–Crippen LogP) is 5.89. The molecule has 0 spiro atoms. The van der Waals surface area contributed by atoms with Crippen LogP contribution in [0.4, 0.5) is 17.6 Å². The molecule has 2 saturated heterocycles. The van der Waals surface area contributed by atoms with Crippen LogP contribution in [-0.4, -0.2) is 78.9 Å². The fraction of sp³-hybridized carbons (Fsp3) is 0.471. The van der Waals surface area contributed by atoms with E-state index in [4.69, 9.17) is 9.47 Å². The number of fused-ring (bicyclic) bond motifs is 1. The van der Waals surface area contributed by atoms with E-state index in [1.165, 1.54) is 0 Å². The lowest BCUT2D eigenvalue weighted by molar-refractivity contribution is -0.141. The number of halogens is 4. The Bertz CT molecular complexity index is 1580. The van der Waals surface area contributed by atoms with Crippen LogP contribution in [0.15, 0.2) is 36.5 Å². The molecule has 5 rings (SSSR count). The van der Waals surface area contributed by atoms with Gasteiger partial charge in [0.15, 0.2) is 11.6 Å². The van der Waals surface area contributed by atoms with E-state index < -0.39 is 35.0 Å². The number of nitrogens with zero attached hydrogens (tertiary/aromatic N) is 3. The Morgan fingerprint density at radius 2 is 1.87 bits per heavy atom. The van der Waals surface area contributed by atoms with Crippen LogP contribution in [0.25, 0.3) is 10.9 Å². The van der Waals surface area contributed by atoms with Crippen LogP contribution in [0.3, 0.4) is 0 Å². The van der Waals surface area contributed by atoms with Gasteiger partial charge in [-0.1, -0.05) is 11.8 Å². The minimum atomic E-state index is -1.35. The molecule has 7 nitrogen and oxygen atoms in total. The molecule has 0 aliphatic carbocycles. The van der Waals surface area contributed by atoms with Crippen molar-refractivity contribution in [1.82, 2.24) is 14.8 Å². The second kappa shape index (κ2) is 14.6. The molecule has 1 N–H and O–H groups in total. The number of aromatic nitrogens is 1. The average Bonchev–Trinajstić information content (AvgIpc) is 3.03. The number of methoxy groups -OCH3 is 1. The minimum absolute atomic E-state index is 0.0848. The number of hydrogen-bond acceptors (Lipinski definition) is 6. The second-order valence-corrected chi connectivity index (χ2v) is 11.9. The summed E-state index contributed by atoms with van der Waals surface area (Å²) in [5, 5.41) is 10.5. The van der Waals surface area contributed by atoms with Gasteiger partial charge in [0.25, 0.3) is 0 Å². The maximum absolute atomic E-state index is 16.5. The van der Waals surface area contributed by atoms with Crippen LogP contribution in [-0.2, 0) is 16.1 Å². The predicted molar refractivity (Wildman–Crippen MR) is 161 cm³/mol. The molecule has 3 aromatic rings. The summed E-state index contributed by atoms with van der Waals surface area (Å²) in [6.07, 6.45) is 1.85. The molecule has 0 amide bonds. The van der Waals surface area contributed by atoms with Gasteiger partial charge in [0.1, 0.15) is 17.7 Å². The number of aliphatic carboxylic acids is 1. The molecule has 0 radical (unpaired) electrons.